The molecular formula is C8H6Cl4N2S2. The molecule has 0 spiro atoms. The minimum Gasteiger partial charge on any atom is -0.185 e. The predicted molar refractivity (Wildman–Crippen MR) is 75.7 cm³/mol. The summed E-state index contributed by atoms with van der Waals surface area (Å²) in [6.07, 6.45) is 0. The van der Waals surface area contributed by atoms with E-state index in [0.717, 1.165) is 23.5 Å². The Labute approximate surface area is 123 Å². The summed E-state index contributed by atoms with van der Waals surface area (Å²) < 4.78 is 0. The summed E-state index contributed by atoms with van der Waals surface area (Å²) in [6.45, 7) is 0. The lowest BCUT2D eigenvalue weighted by Crippen LogP contribution is -1.70. The van der Waals surface area contributed by atoms with E-state index in [4.69, 9.17) is 56.9 Å². The largest absolute Gasteiger partial charge is 0.185 e. The number of rotatable bonds is 4. The van der Waals surface area contributed by atoms with Crippen molar-refractivity contribution in [2.45, 2.75) is 0 Å². The summed E-state index contributed by atoms with van der Waals surface area (Å²) >= 11 is 23.3. The van der Waals surface area contributed by atoms with E-state index in [1.807, 2.05) is 10.8 Å². The SMILES string of the molecule is N#CSCC(Cl)=CCl.N#CSCC(Cl)=CCl. The van der Waals surface area contributed by atoms with E-state index in [0.29, 0.717) is 21.6 Å². The van der Waals surface area contributed by atoms with Crippen LogP contribution in [0.2, 0.25) is 0 Å². The smallest absolute Gasteiger partial charge is 0.133 e. The highest BCUT2D eigenvalue weighted by atomic mass is 35.5. The number of thiocyanates is 2. The second-order valence-corrected chi connectivity index (χ2v) is 4.80. The summed E-state index contributed by atoms with van der Waals surface area (Å²) in [6, 6.07) is 0. The van der Waals surface area contributed by atoms with Crippen LogP contribution in [-0.4, -0.2) is 11.5 Å². The molecule has 0 heterocycles. The van der Waals surface area contributed by atoms with E-state index < -0.39 is 0 Å². The van der Waals surface area contributed by atoms with Crippen molar-refractivity contribution < 1.29 is 0 Å². The molecule has 0 radical (unpaired) electrons. The summed E-state index contributed by atoms with van der Waals surface area (Å²) in [5.41, 5.74) is 2.51. The summed E-state index contributed by atoms with van der Waals surface area (Å²) in [7, 11) is 0. The van der Waals surface area contributed by atoms with Gasteiger partial charge >= 0.3 is 0 Å². The number of thioether (sulfide) groups is 2. The average Bonchev–Trinajstić information content (AvgIpc) is 2.33. The molecule has 0 unspecified atom stereocenters. The van der Waals surface area contributed by atoms with Crippen molar-refractivity contribution in [2.24, 2.45) is 0 Å². The summed E-state index contributed by atoms with van der Waals surface area (Å²) in [5, 5.41) is 20.7. The van der Waals surface area contributed by atoms with Crippen LogP contribution >= 0.6 is 69.9 Å². The molecule has 0 aliphatic carbocycles. The van der Waals surface area contributed by atoms with Gasteiger partial charge in [0.2, 0.25) is 0 Å². The van der Waals surface area contributed by atoms with Crippen molar-refractivity contribution in [2.75, 3.05) is 11.5 Å². The van der Waals surface area contributed by atoms with Crippen LogP contribution in [0.4, 0.5) is 0 Å². The molecule has 0 aliphatic heterocycles. The topological polar surface area (TPSA) is 47.6 Å². The van der Waals surface area contributed by atoms with Crippen LogP contribution in [0.15, 0.2) is 21.1 Å². The molecule has 2 nitrogen and oxygen atoms in total. The lowest BCUT2D eigenvalue weighted by Gasteiger charge is -1.84. The van der Waals surface area contributed by atoms with Gasteiger partial charge in [-0.3, -0.25) is 0 Å². The van der Waals surface area contributed by atoms with Crippen LogP contribution < -0.4 is 0 Å². The fourth-order valence-electron chi connectivity index (χ4n) is 0.265. The third-order valence-corrected chi connectivity index (χ3v) is 3.51. The minimum atomic E-state index is 0.474. The lowest BCUT2D eigenvalue weighted by atomic mass is 10.7. The fourth-order valence-corrected chi connectivity index (χ4v) is 1.50. The van der Waals surface area contributed by atoms with Crippen molar-refractivity contribution in [1.82, 2.24) is 0 Å². The first kappa shape index (κ1) is 18.7. The predicted octanol–water partition coefficient (Wildman–Crippen LogP) is 5.04. The first-order valence-corrected chi connectivity index (χ1v) is 7.13. The molecule has 0 aromatic rings. The quantitative estimate of drug-likeness (QED) is 0.675. The molecule has 0 saturated heterocycles. The highest BCUT2D eigenvalue weighted by molar-refractivity contribution is 8.04. The van der Waals surface area contributed by atoms with E-state index in [1.165, 1.54) is 11.1 Å². The molecule has 0 aromatic carbocycles. The third kappa shape index (κ3) is 16.7. The average molecular weight is 336 g/mol. The minimum absolute atomic E-state index is 0.474. The van der Waals surface area contributed by atoms with Crippen LogP contribution in [0.5, 0.6) is 0 Å². The molecule has 0 aliphatic rings. The van der Waals surface area contributed by atoms with Gasteiger partial charge in [-0.15, -0.1) is 0 Å². The molecule has 0 N–H and O–H groups in total. The summed E-state index contributed by atoms with van der Waals surface area (Å²) in [4.78, 5) is 0. The molecule has 0 fully saturated rings. The highest BCUT2D eigenvalue weighted by Gasteiger charge is 1.88. The Balaban J connectivity index is 0. The van der Waals surface area contributed by atoms with Gasteiger partial charge in [0, 0.05) is 32.6 Å². The van der Waals surface area contributed by atoms with Crippen LogP contribution in [0.1, 0.15) is 0 Å². The first-order valence-electron chi connectivity index (χ1n) is 3.53. The Morgan fingerprint density at radius 1 is 0.938 bits per heavy atom. The van der Waals surface area contributed by atoms with Gasteiger partial charge in [-0.1, -0.05) is 46.4 Å². The second kappa shape index (κ2) is 15.3. The first-order chi connectivity index (χ1) is 7.62. The Bertz CT molecular complexity index is 285. The van der Waals surface area contributed by atoms with E-state index >= 15 is 0 Å². The number of nitrogens with zero attached hydrogens (tertiary/aromatic N) is 2. The molecule has 0 amide bonds. The van der Waals surface area contributed by atoms with Crippen molar-refractivity contribution in [3.8, 4) is 10.8 Å². The molecule has 88 valence electrons. The zero-order valence-electron chi connectivity index (χ0n) is 7.79. The van der Waals surface area contributed by atoms with Gasteiger partial charge in [-0.2, -0.15) is 10.5 Å². The lowest BCUT2D eigenvalue weighted by molar-refractivity contribution is 1.56. The van der Waals surface area contributed by atoms with E-state index in [1.54, 1.807) is 0 Å². The summed E-state index contributed by atoms with van der Waals surface area (Å²) in [5.74, 6) is 0.948. The van der Waals surface area contributed by atoms with Gasteiger partial charge in [0.15, 0.2) is 0 Å². The van der Waals surface area contributed by atoms with Crippen molar-refractivity contribution in [3.05, 3.63) is 21.1 Å². The van der Waals surface area contributed by atoms with E-state index in [2.05, 4.69) is 0 Å². The molecule has 0 rings (SSSR count). The number of hydrogen-bond acceptors (Lipinski definition) is 4. The second-order valence-electron chi connectivity index (χ2n) is 1.87. The molecule has 8 heteroatoms. The zero-order chi connectivity index (χ0) is 12.8. The van der Waals surface area contributed by atoms with Crippen molar-refractivity contribution in [3.63, 3.8) is 0 Å². The molecular weight excluding hydrogens is 330 g/mol. The van der Waals surface area contributed by atoms with Gasteiger partial charge in [-0.05, 0) is 23.5 Å². The number of nitriles is 2. The number of halogens is 4. The Hall–Kier alpha value is 0.320. The van der Waals surface area contributed by atoms with Gasteiger partial charge in [0.25, 0.3) is 0 Å². The van der Waals surface area contributed by atoms with Gasteiger partial charge in [0.05, 0.1) is 0 Å². The maximum Gasteiger partial charge on any atom is 0.133 e. The maximum atomic E-state index is 7.99. The highest BCUT2D eigenvalue weighted by Crippen LogP contribution is 2.10. The van der Waals surface area contributed by atoms with Gasteiger partial charge in [-0.25, -0.2) is 0 Å². The third-order valence-electron chi connectivity index (χ3n) is 0.786. The fraction of sp³-hybridized carbons (Fsp3) is 0.250. The molecule has 0 bridgehead atoms. The molecule has 0 aromatic heterocycles. The van der Waals surface area contributed by atoms with Crippen molar-refractivity contribution in [1.29, 1.82) is 10.5 Å². The van der Waals surface area contributed by atoms with Crippen LogP contribution in [-0.2, 0) is 0 Å². The maximum absolute atomic E-state index is 7.99. The van der Waals surface area contributed by atoms with E-state index in [9.17, 15) is 0 Å². The molecule has 0 saturated carbocycles. The van der Waals surface area contributed by atoms with E-state index in [-0.39, 0.29) is 0 Å². The normalized spacial score (nSPS) is 10.9. The van der Waals surface area contributed by atoms with Crippen LogP contribution in [0.3, 0.4) is 0 Å². The Morgan fingerprint density at radius 3 is 1.44 bits per heavy atom. The van der Waals surface area contributed by atoms with Crippen molar-refractivity contribution >= 4 is 69.9 Å². The van der Waals surface area contributed by atoms with Crippen LogP contribution in [0.25, 0.3) is 0 Å². The molecule has 0 atom stereocenters. The van der Waals surface area contributed by atoms with Crippen LogP contribution in [0, 0.1) is 21.3 Å². The standard InChI is InChI=1S/2C4H3Cl2NS/c2*5-1-4(6)2-8-3-7/h2*1H,2H2. The Kier molecular flexibility index (Phi) is 17.9. The zero-order valence-corrected chi connectivity index (χ0v) is 12.4. The van der Waals surface area contributed by atoms with Gasteiger partial charge < -0.3 is 0 Å². The monoisotopic (exact) mass is 334 g/mol. The van der Waals surface area contributed by atoms with Gasteiger partial charge in [0.1, 0.15) is 10.8 Å². The Morgan fingerprint density at radius 2 is 1.25 bits per heavy atom. The number of hydrogen-bond donors (Lipinski definition) is 0. The molecule has 16 heavy (non-hydrogen) atoms.